The number of hydrazone groups is 1. The fourth-order valence-corrected chi connectivity index (χ4v) is 3.53. The Bertz CT molecular complexity index is 1100. The van der Waals surface area contributed by atoms with Crippen LogP contribution in [0.15, 0.2) is 90.0 Å². The molecule has 1 unspecified atom stereocenters. The van der Waals surface area contributed by atoms with E-state index in [1.54, 1.807) is 12.1 Å². The van der Waals surface area contributed by atoms with Crippen LogP contribution in [0.5, 0.6) is 0 Å². The van der Waals surface area contributed by atoms with Crippen molar-refractivity contribution in [1.82, 2.24) is 5.32 Å². The summed E-state index contributed by atoms with van der Waals surface area (Å²) >= 11 is 0. The molecule has 31 heavy (non-hydrogen) atoms. The van der Waals surface area contributed by atoms with Crippen molar-refractivity contribution in [2.24, 2.45) is 5.10 Å². The molecule has 3 aromatic rings. The van der Waals surface area contributed by atoms with E-state index in [-0.39, 0.29) is 18.2 Å². The summed E-state index contributed by atoms with van der Waals surface area (Å²) in [7, 11) is 0. The molecule has 0 saturated heterocycles. The zero-order valence-electron chi connectivity index (χ0n) is 17.3. The molecule has 0 radical (unpaired) electrons. The van der Waals surface area contributed by atoms with Crippen LogP contribution in [0.2, 0.25) is 0 Å². The van der Waals surface area contributed by atoms with Crippen LogP contribution in [-0.4, -0.2) is 23.7 Å². The van der Waals surface area contributed by atoms with E-state index in [9.17, 15) is 9.59 Å². The first-order valence-corrected chi connectivity index (χ1v) is 10.2. The fourth-order valence-electron chi connectivity index (χ4n) is 3.53. The summed E-state index contributed by atoms with van der Waals surface area (Å²) in [5, 5.41) is 11.7. The lowest BCUT2D eigenvalue weighted by molar-refractivity contribution is -0.128. The smallest absolute Gasteiger partial charge is 0.299 e. The molecule has 4 rings (SSSR count). The summed E-state index contributed by atoms with van der Waals surface area (Å²) in [6.45, 7) is 2.02. The number of hydrogen-bond donors (Lipinski definition) is 2. The first-order valence-electron chi connectivity index (χ1n) is 10.2. The van der Waals surface area contributed by atoms with E-state index in [1.165, 1.54) is 11.2 Å². The van der Waals surface area contributed by atoms with Gasteiger partial charge in [-0.25, -0.2) is 0 Å². The highest BCUT2D eigenvalue weighted by molar-refractivity contribution is 6.18. The van der Waals surface area contributed by atoms with Gasteiger partial charge >= 0.3 is 0 Å². The number of rotatable bonds is 7. The second-order valence-corrected chi connectivity index (χ2v) is 7.53. The van der Waals surface area contributed by atoms with Crippen LogP contribution in [0, 0.1) is 6.92 Å². The third-order valence-corrected chi connectivity index (χ3v) is 5.07. The Morgan fingerprint density at radius 3 is 2.39 bits per heavy atom. The molecule has 0 aliphatic carbocycles. The SMILES string of the molecule is Cc1cccc(CCC(=O)NC2(Nc3ccccc3)C=NN(c3ccccc3)C2=O)c1. The van der Waals surface area contributed by atoms with Gasteiger partial charge in [0.1, 0.15) is 0 Å². The van der Waals surface area contributed by atoms with E-state index < -0.39 is 5.66 Å². The van der Waals surface area contributed by atoms with E-state index in [0.717, 1.165) is 11.1 Å². The van der Waals surface area contributed by atoms with E-state index in [2.05, 4.69) is 21.8 Å². The van der Waals surface area contributed by atoms with Crippen LogP contribution in [0.4, 0.5) is 11.4 Å². The first kappa shape index (κ1) is 20.3. The van der Waals surface area contributed by atoms with Crippen LogP contribution in [-0.2, 0) is 16.0 Å². The molecule has 2 amide bonds. The average Bonchev–Trinajstić information content (AvgIpc) is 3.09. The molecule has 0 bridgehead atoms. The molecule has 6 heteroatoms. The molecule has 0 fully saturated rings. The molecule has 1 aliphatic rings. The summed E-state index contributed by atoms with van der Waals surface area (Å²) in [5.74, 6) is -0.605. The second-order valence-electron chi connectivity index (χ2n) is 7.53. The quantitative estimate of drug-likeness (QED) is 0.579. The standard InChI is InChI=1S/C25H24N4O2/c1-19-9-8-10-20(17-19)15-16-23(30)28-25(27-21-11-4-2-5-12-21)18-26-29(24(25)31)22-13-6-3-7-14-22/h2-14,17-18,27H,15-16H2,1H3,(H,28,30). The third-order valence-electron chi connectivity index (χ3n) is 5.07. The van der Waals surface area contributed by atoms with Gasteiger partial charge in [-0.05, 0) is 43.2 Å². The molecular formula is C25H24N4O2. The molecule has 1 heterocycles. The molecule has 0 aromatic heterocycles. The number of anilines is 2. The molecule has 1 atom stereocenters. The maximum Gasteiger partial charge on any atom is 0.299 e. The Morgan fingerprint density at radius 1 is 0.968 bits per heavy atom. The minimum absolute atomic E-state index is 0.236. The van der Waals surface area contributed by atoms with Gasteiger partial charge in [0.2, 0.25) is 11.6 Å². The highest BCUT2D eigenvalue weighted by Gasteiger charge is 2.46. The van der Waals surface area contributed by atoms with E-state index in [0.29, 0.717) is 17.8 Å². The van der Waals surface area contributed by atoms with Gasteiger partial charge in [0.15, 0.2) is 0 Å². The molecule has 6 nitrogen and oxygen atoms in total. The maximum absolute atomic E-state index is 13.4. The number of nitrogens with zero attached hydrogens (tertiary/aromatic N) is 2. The number of nitrogens with one attached hydrogen (secondary N) is 2. The molecule has 156 valence electrons. The molecule has 1 aliphatic heterocycles. The zero-order valence-corrected chi connectivity index (χ0v) is 17.3. The van der Waals surface area contributed by atoms with Gasteiger partial charge in [0, 0.05) is 12.1 Å². The monoisotopic (exact) mass is 412 g/mol. The van der Waals surface area contributed by atoms with Gasteiger partial charge in [0.05, 0.1) is 11.9 Å². The number of hydrogen-bond acceptors (Lipinski definition) is 4. The zero-order chi connectivity index (χ0) is 21.7. The predicted octanol–water partition coefficient (Wildman–Crippen LogP) is 3.88. The average molecular weight is 412 g/mol. The van der Waals surface area contributed by atoms with E-state index in [4.69, 9.17) is 0 Å². The summed E-state index contributed by atoms with van der Waals surface area (Å²) in [4.78, 5) is 26.3. The van der Waals surface area contributed by atoms with Gasteiger partial charge in [-0.2, -0.15) is 10.1 Å². The van der Waals surface area contributed by atoms with Crippen molar-refractivity contribution in [3.05, 3.63) is 96.1 Å². The summed E-state index contributed by atoms with van der Waals surface area (Å²) in [6.07, 6.45) is 2.30. The van der Waals surface area contributed by atoms with Crippen molar-refractivity contribution < 1.29 is 9.59 Å². The number of benzene rings is 3. The van der Waals surface area contributed by atoms with Gasteiger partial charge in [-0.1, -0.05) is 66.2 Å². The third kappa shape index (κ3) is 4.64. The highest BCUT2D eigenvalue weighted by Crippen LogP contribution is 2.25. The Morgan fingerprint density at radius 2 is 1.68 bits per heavy atom. The van der Waals surface area contributed by atoms with Crippen molar-refractivity contribution in [2.45, 2.75) is 25.4 Å². The summed E-state index contributed by atoms with van der Waals surface area (Å²) in [5.41, 5.74) is 2.11. The molecule has 0 spiro atoms. The molecular weight excluding hydrogens is 388 g/mol. The van der Waals surface area contributed by atoms with E-state index >= 15 is 0 Å². The minimum atomic E-state index is -1.46. The highest BCUT2D eigenvalue weighted by atomic mass is 16.2. The Balaban J connectivity index is 1.54. The van der Waals surface area contributed by atoms with Crippen molar-refractivity contribution in [1.29, 1.82) is 0 Å². The maximum atomic E-state index is 13.4. The lowest BCUT2D eigenvalue weighted by Gasteiger charge is -2.29. The topological polar surface area (TPSA) is 73.8 Å². The first-order chi connectivity index (χ1) is 15.1. The van der Waals surface area contributed by atoms with Crippen LogP contribution >= 0.6 is 0 Å². The van der Waals surface area contributed by atoms with Gasteiger partial charge < -0.3 is 10.6 Å². The lowest BCUT2D eigenvalue weighted by Crippen LogP contribution is -2.61. The Hall–Kier alpha value is -3.93. The second kappa shape index (κ2) is 8.83. The number of aryl methyl sites for hydroxylation is 2. The molecule has 0 saturated carbocycles. The number of para-hydroxylation sites is 2. The van der Waals surface area contributed by atoms with Gasteiger partial charge in [-0.3, -0.25) is 9.59 Å². The number of carbonyl (C=O) groups is 2. The van der Waals surface area contributed by atoms with E-state index in [1.807, 2.05) is 73.7 Å². The fraction of sp³-hybridized carbons (Fsp3) is 0.160. The summed E-state index contributed by atoms with van der Waals surface area (Å²) < 4.78 is 0. The van der Waals surface area contributed by atoms with Crippen molar-refractivity contribution in [3.8, 4) is 0 Å². The van der Waals surface area contributed by atoms with Crippen LogP contribution in [0.3, 0.4) is 0 Å². The van der Waals surface area contributed by atoms with Crippen LogP contribution < -0.4 is 15.6 Å². The molecule has 2 N–H and O–H groups in total. The summed E-state index contributed by atoms with van der Waals surface area (Å²) in [6, 6.07) is 26.5. The van der Waals surface area contributed by atoms with Crippen LogP contribution in [0.25, 0.3) is 0 Å². The van der Waals surface area contributed by atoms with Gasteiger partial charge in [0.25, 0.3) is 5.91 Å². The lowest BCUT2D eigenvalue weighted by atomic mass is 10.1. The molecule has 3 aromatic carbocycles. The van der Waals surface area contributed by atoms with Crippen molar-refractivity contribution in [2.75, 3.05) is 10.3 Å². The Labute approximate surface area is 181 Å². The minimum Gasteiger partial charge on any atom is -0.350 e. The number of carbonyl (C=O) groups excluding carboxylic acids is 2. The van der Waals surface area contributed by atoms with Crippen molar-refractivity contribution >= 4 is 29.4 Å². The largest absolute Gasteiger partial charge is 0.350 e. The van der Waals surface area contributed by atoms with Crippen LogP contribution in [0.1, 0.15) is 17.5 Å². The normalized spacial score (nSPS) is 17.6. The van der Waals surface area contributed by atoms with Crippen molar-refractivity contribution in [3.63, 3.8) is 0 Å². The number of amides is 2. The van der Waals surface area contributed by atoms with Gasteiger partial charge in [-0.15, -0.1) is 0 Å². The predicted molar refractivity (Wildman–Crippen MR) is 123 cm³/mol. The Kier molecular flexibility index (Phi) is 5.80.